The number of carbonyl (C=O) groups is 2. The summed E-state index contributed by atoms with van der Waals surface area (Å²) in [6, 6.07) is 0.250. The first kappa shape index (κ1) is 14.8. The van der Waals surface area contributed by atoms with E-state index in [-0.39, 0.29) is 34.4 Å². The topological polar surface area (TPSA) is 72.0 Å². The van der Waals surface area contributed by atoms with Crippen molar-refractivity contribution in [1.29, 1.82) is 0 Å². The Kier molecular flexibility index (Phi) is 2.97. The Bertz CT molecular complexity index is 708. The molecule has 3 aliphatic carbocycles. The zero-order valence-corrected chi connectivity index (χ0v) is 14.0. The van der Waals surface area contributed by atoms with E-state index in [2.05, 4.69) is 36.1 Å². The number of hydrogen-bond donors (Lipinski definition) is 1. The third-order valence-corrected chi connectivity index (χ3v) is 5.75. The molecule has 0 saturated heterocycles. The monoisotopic (exact) mass is 313 g/mol. The van der Waals surface area contributed by atoms with Crippen molar-refractivity contribution in [2.24, 2.45) is 16.7 Å². The van der Waals surface area contributed by atoms with Crippen molar-refractivity contribution in [3.05, 3.63) is 23.3 Å². The zero-order chi connectivity index (χ0) is 16.4. The highest BCUT2D eigenvalue weighted by Crippen LogP contribution is 2.60. The van der Waals surface area contributed by atoms with Gasteiger partial charge in [-0.1, -0.05) is 20.8 Å². The normalized spacial score (nSPS) is 31.4. The van der Waals surface area contributed by atoms with E-state index in [4.69, 9.17) is 0 Å². The number of nitrogens with one attached hydrogen (secondary N) is 1. The second-order valence-electron chi connectivity index (χ2n) is 8.51. The van der Waals surface area contributed by atoms with Crippen LogP contribution in [0.15, 0.2) is 6.20 Å². The van der Waals surface area contributed by atoms with Crippen LogP contribution in [0, 0.1) is 16.7 Å². The summed E-state index contributed by atoms with van der Waals surface area (Å²) in [6.45, 7) is 6.37. The van der Waals surface area contributed by atoms with Crippen LogP contribution in [0.1, 0.15) is 73.1 Å². The molecule has 0 radical (unpaired) electrons. The van der Waals surface area contributed by atoms with Gasteiger partial charge in [-0.2, -0.15) is 0 Å². The Morgan fingerprint density at radius 1 is 1.26 bits per heavy atom. The molecule has 23 heavy (non-hydrogen) atoms. The highest BCUT2D eigenvalue weighted by molar-refractivity contribution is 5.99. The molecule has 0 spiro atoms. The second-order valence-corrected chi connectivity index (χ2v) is 8.51. The first-order valence-corrected chi connectivity index (χ1v) is 8.48. The molecule has 2 atom stereocenters. The lowest BCUT2D eigenvalue weighted by Crippen LogP contribution is -2.33. The fraction of sp³-hybridized carbons (Fsp3) is 0.667. The Morgan fingerprint density at radius 3 is 2.70 bits per heavy atom. The predicted molar refractivity (Wildman–Crippen MR) is 85.2 cm³/mol. The third-order valence-electron chi connectivity index (χ3n) is 5.75. The molecular formula is C18H23N3O2. The molecule has 2 saturated carbocycles. The maximum Gasteiger partial charge on any atom is 0.289 e. The average Bonchev–Trinajstić information content (AvgIpc) is 3.34. The molecule has 2 unspecified atom stereocenters. The number of ketones is 1. The minimum absolute atomic E-state index is 0.0757. The standard InChI is InChI=1S/C18H23N3O2/c1-17(2)6-12-11(13(22)7-17)9-19-15(20-12)16(23)21-14-8-18(14,3)10-4-5-10/h9-10,14H,4-8H2,1-3H3,(H,21,23). The molecule has 0 bridgehead atoms. The van der Waals surface area contributed by atoms with E-state index in [1.807, 2.05) is 0 Å². The molecule has 5 nitrogen and oxygen atoms in total. The van der Waals surface area contributed by atoms with Gasteiger partial charge in [-0.15, -0.1) is 0 Å². The number of hydrogen-bond acceptors (Lipinski definition) is 4. The summed E-state index contributed by atoms with van der Waals surface area (Å²) in [5.74, 6) is 0.833. The van der Waals surface area contributed by atoms with E-state index < -0.39 is 0 Å². The largest absolute Gasteiger partial charge is 0.346 e. The fourth-order valence-electron chi connectivity index (χ4n) is 3.95. The van der Waals surface area contributed by atoms with E-state index >= 15 is 0 Å². The first-order chi connectivity index (χ1) is 10.8. The quantitative estimate of drug-likeness (QED) is 0.931. The fourth-order valence-corrected chi connectivity index (χ4v) is 3.95. The first-order valence-electron chi connectivity index (χ1n) is 8.48. The van der Waals surface area contributed by atoms with Crippen LogP contribution in [0.4, 0.5) is 0 Å². The number of carbonyl (C=O) groups excluding carboxylic acids is 2. The molecule has 0 aromatic carbocycles. The van der Waals surface area contributed by atoms with Crippen LogP contribution in [0.25, 0.3) is 0 Å². The molecule has 1 aromatic heterocycles. The van der Waals surface area contributed by atoms with Gasteiger partial charge in [-0.05, 0) is 42.4 Å². The van der Waals surface area contributed by atoms with Crippen molar-refractivity contribution in [3.8, 4) is 0 Å². The van der Waals surface area contributed by atoms with Gasteiger partial charge in [-0.3, -0.25) is 9.59 Å². The van der Waals surface area contributed by atoms with Crippen LogP contribution in [-0.4, -0.2) is 27.7 Å². The van der Waals surface area contributed by atoms with Gasteiger partial charge in [0.05, 0.1) is 11.3 Å². The van der Waals surface area contributed by atoms with E-state index in [0.717, 1.165) is 12.3 Å². The second kappa shape index (κ2) is 4.62. The van der Waals surface area contributed by atoms with Gasteiger partial charge in [-0.25, -0.2) is 9.97 Å². The third kappa shape index (κ3) is 2.56. The van der Waals surface area contributed by atoms with Gasteiger partial charge < -0.3 is 5.32 Å². The minimum atomic E-state index is -0.210. The minimum Gasteiger partial charge on any atom is -0.346 e. The summed E-state index contributed by atoms with van der Waals surface area (Å²) in [5, 5.41) is 3.07. The highest BCUT2D eigenvalue weighted by atomic mass is 16.2. The Balaban J connectivity index is 1.52. The van der Waals surface area contributed by atoms with Gasteiger partial charge in [0.25, 0.3) is 5.91 Å². The van der Waals surface area contributed by atoms with Crippen molar-refractivity contribution >= 4 is 11.7 Å². The van der Waals surface area contributed by atoms with E-state index in [0.29, 0.717) is 24.1 Å². The Hall–Kier alpha value is -1.78. The molecule has 5 heteroatoms. The summed E-state index contributed by atoms with van der Waals surface area (Å²) in [6.07, 6.45) is 6.38. The molecule has 2 fully saturated rings. The summed E-state index contributed by atoms with van der Waals surface area (Å²) in [7, 11) is 0. The number of rotatable bonds is 3. The van der Waals surface area contributed by atoms with Crippen LogP contribution in [0.2, 0.25) is 0 Å². The molecule has 1 N–H and O–H groups in total. The number of aromatic nitrogens is 2. The van der Waals surface area contributed by atoms with Crippen LogP contribution in [0.3, 0.4) is 0 Å². The molecule has 1 aromatic rings. The van der Waals surface area contributed by atoms with Gasteiger partial charge in [0.1, 0.15) is 0 Å². The van der Waals surface area contributed by atoms with Crippen LogP contribution < -0.4 is 5.32 Å². The molecule has 0 aliphatic heterocycles. The van der Waals surface area contributed by atoms with Crippen LogP contribution >= 0.6 is 0 Å². The van der Waals surface area contributed by atoms with Crippen LogP contribution in [-0.2, 0) is 6.42 Å². The van der Waals surface area contributed by atoms with Crippen LogP contribution in [0.5, 0.6) is 0 Å². The smallest absolute Gasteiger partial charge is 0.289 e. The molecule has 4 rings (SSSR count). The lowest BCUT2D eigenvalue weighted by molar-refractivity contribution is 0.0897. The molecular weight excluding hydrogens is 290 g/mol. The van der Waals surface area contributed by atoms with E-state index in [1.165, 1.54) is 19.0 Å². The highest BCUT2D eigenvalue weighted by Gasteiger charge is 2.59. The van der Waals surface area contributed by atoms with Crippen molar-refractivity contribution in [2.75, 3.05) is 0 Å². The number of fused-ring (bicyclic) bond motifs is 1. The van der Waals surface area contributed by atoms with Gasteiger partial charge in [0.2, 0.25) is 5.82 Å². The average molecular weight is 313 g/mol. The molecule has 1 amide bonds. The summed E-state index contributed by atoms with van der Waals surface area (Å²) in [5.41, 5.74) is 1.47. The summed E-state index contributed by atoms with van der Waals surface area (Å²) in [4.78, 5) is 33.1. The summed E-state index contributed by atoms with van der Waals surface area (Å²) < 4.78 is 0. The maximum atomic E-state index is 12.4. The lowest BCUT2D eigenvalue weighted by Gasteiger charge is -2.29. The van der Waals surface area contributed by atoms with Crippen molar-refractivity contribution in [2.45, 2.75) is 58.9 Å². The molecule has 3 aliphatic rings. The predicted octanol–water partition coefficient (Wildman–Crippen LogP) is 2.55. The van der Waals surface area contributed by atoms with Gasteiger partial charge in [0.15, 0.2) is 5.78 Å². The van der Waals surface area contributed by atoms with Crippen molar-refractivity contribution in [1.82, 2.24) is 15.3 Å². The molecule has 122 valence electrons. The van der Waals surface area contributed by atoms with Gasteiger partial charge in [0, 0.05) is 18.7 Å². The Morgan fingerprint density at radius 2 is 2.00 bits per heavy atom. The number of nitrogens with zero attached hydrogens (tertiary/aromatic N) is 2. The maximum absolute atomic E-state index is 12.4. The number of Topliss-reactive ketones (excluding diaryl/α,β-unsaturated/α-hetero) is 1. The Labute approximate surface area is 136 Å². The van der Waals surface area contributed by atoms with Crippen molar-refractivity contribution < 1.29 is 9.59 Å². The lowest BCUT2D eigenvalue weighted by atomic mass is 9.76. The van der Waals surface area contributed by atoms with E-state index in [9.17, 15) is 9.59 Å². The molecule has 1 heterocycles. The zero-order valence-electron chi connectivity index (χ0n) is 14.0. The van der Waals surface area contributed by atoms with Gasteiger partial charge >= 0.3 is 0 Å². The van der Waals surface area contributed by atoms with E-state index in [1.54, 1.807) is 0 Å². The van der Waals surface area contributed by atoms with Crippen molar-refractivity contribution in [3.63, 3.8) is 0 Å². The number of amides is 1. The summed E-state index contributed by atoms with van der Waals surface area (Å²) >= 11 is 0. The SMILES string of the molecule is CC1(C)CC(=O)c2cnc(C(=O)NC3CC3(C)C3CC3)nc2C1.